The molecular formula is C13H15F3N2O. The van der Waals surface area contributed by atoms with Crippen LogP contribution in [-0.4, -0.2) is 22.8 Å². The average Bonchev–Trinajstić information content (AvgIpc) is 2.08. The van der Waals surface area contributed by atoms with Gasteiger partial charge in [0.25, 0.3) is 0 Å². The molecular weight excluding hydrogens is 257 g/mol. The normalized spacial score (nSPS) is 32.5. The molecule has 6 heteroatoms. The van der Waals surface area contributed by atoms with Crippen LogP contribution in [0.1, 0.15) is 30.8 Å². The molecule has 19 heavy (non-hydrogen) atoms. The van der Waals surface area contributed by atoms with E-state index < -0.39 is 11.6 Å². The van der Waals surface area contributed by atoms with Crippen molar-refractivity contribution in [1.82, 2.24) is 9.97 Å². The lowest BCUT2D eigenvalue weighted by Gasteiger charge is -2.70. The third kappa shape index (κ3) is 1.88. The van der Waals surface area contributed by atoms with E-state index in [4.69, 9.17) is 4.74 Å². The van der Waals surface area contributed by atoms with Gasteiger partial charge < -0.3 is 4.74 Å². The molecule has 0 radical (unpaired) electrons. The molecule has 0 unspecified atom stereocenters. The number of ether oxygens (including phenoxy) is 1. The van der Waals surface area contributed by atoms with Crippen molar-refractivity contribution in [2.45, 2.75) is 39.3 Å². The number of hydrogen-bond acceptors (Lipinski definition) is 3. The largest absolute Gasteiger partial charge is 0.477 e. The van der Waals surface area contributed by atoms with Crippen LogP contribution in [0.5, 0.6) is 5.88 Å². The van der Waals surface area contributed by atoms with E-state index in [1.807, 2.05) is 6.92 Å². The first kappa shape index (κ1) is 12.7. The number of halogens is 3. The van der Waals surface area contributed by atoms with E-state index in [1.54, 1.807) is 13.0 Å². The molecule has 3 aliphatic carbocycles. The molecule has 4 rings (SSSR count). The zero-order chi connectivity index (χ0) is 13.9. The Kier molecular flexibility index (Phi) is 2.41. The molecule has 1 heterocycles. The lowest BCUT2D eigenvalue weighted by Crippen LogP contribution is -2.69. The van der Waals surface area contributed by atoms with E-state index in [9.17, 15) is 13.2 Å². The Labute approximate surface area is 109 Å². The van der Waals surface area contributed by atoms with Gasteiger partial charge in [-0.3, -0.25) is 0 Å². The molecule has 104 valence electrons. The van der Waals surface area contributed by atoms with Crippen molar-refractivity contribution >= 4 is 0 Å². The highest BCUT2D eigenvalue weighted by molar-refractivity contribution is 5.21. The first-order valence-corrected chi connectivity index (χ1v) is 6.26. The van der Waals surface area contributed by atoms with Crippen molar-refractivity contribution in [2.24, 2.45) is 10.8 Å². The van der Waals surface area contributed by atoms with E-state index in [2.05, 4.69) is 9.97 Å². The van der Waals surface area contributed by atoms with E-state index in [-0.39, 0.29) is 24.7 Å². The van der Waals surface area contributed by atoms with Gasteiger partial charge in [0.2, 0.25) is 5.88 Å². The Balaban J connectivity index is 1.59. The predicted octanol–water partition coefficient (Wildman–Crippen LogP) is 3.20. The van der Waals surface area contributed by atoms with Crippen LogP contribution in [0, 0.1) is 24.7 Å². The van der Waals surface area contributed by atoms with Crippen LogP contribution in [0.25, 0.3) is 0 Å². The highest BCUT2D eigenvalue weighted by Gasteiger charge is 2.78. The first-order chi connectivity index (χ1) is 8.74. The van der Waals surface area contributed by atoms with Gasteiger partial charge in [-0.1, -0.05) is 0 Å². The van der Waals surface area contributed by atoms with E-state index in [1.165, 1.54) is 0 Å². The summed E-state index contributed by atoms with van der Waals surface area (Å²) in [6.45, 7) is 3.92. The Morgan fingerprint density at radius 2 is 1.84 bits per heavy atom. The summed E-state index contributed by atoms with van der Waals surface area (Å²) in [6, 6.07) is 1.71. The molecule has 0 spiro atoms. The molecule has 0 saturated heterocycles. The molecule has 1 aromatic rings. The minimum Gasteiger partial charge on any atom is -0.477 e. The van der Waals surface area contributed by atoms with Gasteiger partial charge in [0.1, 0.15) is 5.82 Å². The summed E-state index contributed by atoms with van der Waals surface area (Å²) >= 11 is 0. The zero-order valence-electron chi connectivity index (χ0n) is 10.8. The van der Waals surface area contributed by atoms with Crippen LogP contribution < -0.4 is 4.74 Å². The molecule has 3 fully saturated rings. The van der Waals surface area contributed by atoms with Gasteiger partial charge in [-0.25, -0.2) is 4.98 Å². The minimum atomic E-state index is -4.06. The number of hydrogen-bond donors (Lipinski definition) is 0. The maximum atomic E-state index is 12.7. The van der Waals surface area contributed by atoms with Crippen LogP contribution in [0.4, 0.5) is 13.2 Å². The van der Waals surface area contributed by atoms with E-state index in [0.717, 1.165) is 5.69 Å². The fourth-order valence-electron chi connectivity index (χ4n) is 3.44. The number of rotatable bonds is 3. The second-order valence-electron chi connectivity index (χ2n) is 5.99. The van der Waals surface area contributed by atoms with Gasteiger partial charge in [0, 0.05) is 17.2 Å². The number of aromatic nitrogens is 2. The maximum absolute atomic E-state index is 12.7. The Morgan fingerprint density at radius 3 is 2.37 bits per heavy atom. The van der Waals surface area contributed by atoms with Crippen molar-refractivity contribution in [2.75, 3.05) is 6.61 Å². The molecule has 0 N–H and O–H groups in total. The second-order valence-corrected chi connectivity index (χ2v) is 5.99. The highest BCUT2D eigenvalue weighted by atomic mass is 19.4. The van der Waals surface area contributed by atoms with Crippen molar-refractivity contribution in [3.8, 4) is 5.88 Å². The Hall–Kier alpha value is -1.33. The first-order valence-electron chi connectivity index (χ1n) is 6.26. The highest BCUT2D eigenvalue weighted by Crippen LogP contribution is 2.78. The summed E-state index contributed by atoms with van der Waals surface area (Å²) in [5, 5.41) is 0. The summed E-state index contributed by atoms with van der Waals surface area (Å²) in [4.78, 5) is 8.25. The molecule has 0 aromatic carbocycles. The zero-order valence-corrected chi connectivity index (χ0v) is 10.8. The number of nitrogens with zero attached hydrogens (tertiary/aromatic N) is 2. The fraction of sp³-hybridized carbons (Fsp3) is 0.692. The van der Waals surface area contributed by atoms with Crippen molar-refractivity contribution < 1.29 is 17.9 Å². The third-order valence-corrected chi connectivity index (χ3v) is 4.21. The summed E-state index contributed by atoms with van der Waals surface area (Å²) < 4.78 is 43.7. The molecule has 0 aliphatic heterocycles. The number of alkyl halides is 3. The van der Waals surface area contributed by atoms with Crippen LogP contribution >= 0.6 is 0 Å². The smallest absolute Gasteiger partial charge is 0.394 e. The summed E-state index contributed by atoms with van der Waals surface area (Å²) in [5.74, 6) is 1.06. The quantitative estimate of drug-likeness (QED) is 0.847. The Bertz CT molecular complexity index is 487. The van der Waals surface area contributed by atoms with Gasteiger partial charge in [-0.2, -0.15) is 18.2 Å². The fourth-order valence-corrected chi connectivity index (χ4v) is 3.44. The van der Waals surface area contributed by atoms with Gasteiger partial charge in [0.05, 0.1) is 12.0 Å². The molecule has 3 saturated carbocycles. The number of aryl methyl sites for hydroxylation is 2. The van der Waals surface area contributed by atoms with Crippen LogP contribution in [0.2, 0.25) is 0 Å². The van der Waals surface area contributed by atoms with Crippen molar-refractivity contribution in [3.63, 3.8) is 0 Å². The molecule has 1 aromatic heterocycles. The predicted molar refractivity (Wildman–Crippen MR) is 61.8 cm³/mol. The topological polar surface area (TPSA) is 35.0 Å². The van der Waals surface area contributed by atoms with Gasteiger partial charge in [0.15, 0.2) is 0 Å². The van der Waals surface area contributed by atoms with Crippen molar-refractivity contribution in [1.29, 1.82) is 0 Å². The monoisotopic (exact) mass is 272 g/mol. The SMILES string of the molecule is Cc1cc(OCC23CC(C(F)(F)F)(C2)C3)nc(C)n1. The van der Waals surface area contributed by atoms with Crippen LogP contribution in [0.3, 0.4) is 0 Å². The Morgan fingerprint density at radius 1 is 1.21 bits per heavy atom. The summed E-state index contributed by atoms with van der Waals surface area (Å²) in [6.07, 6.45) is -3.46. The molecule has 0 amide bonds. The van der Waals surface area contributed by atoms with Gasteiger partial charge >= 0.3 is 6.18 Å². The third-order valence-electron chi connectivity index (χ3n) is 4.21. The van der Waals surface area contributed by atoms with Gasteiger partial charge in [-0.15, -0.1) is 0 Å². The summed E-state index contributed by atoms with van der Waals surface area (Å²) in [5.41, 5.74) is -0.886. The minimum absolute atomic E-state index is 0.201. The van der Waals surface area contributed by atoms with Crippen molar-refractivity contribution in [3.05, 3.63) is 17.6 Å². The second kappa shape index (κ2) is 3.61. The lowest BCUT2D eigenvalue weighted by molar-refractivity contribution is -0.367. The molecule has 0 atom stereocenters. The summed E-state index contributed by atoms with van der Waals surface area (Å²) in [7, 11) is 0. The van der Waals surface area contributed by atoms with Gasteiger partial charge in [-0.05, 0) is 33.1 Å². The lowest BCUT2D eigenvalue weighted by atomic mass is 9.35. The maximum Gasteiger partial charge on any atom is 0.394 e. The van der Waals surface area contributed by atoms with E-state index >= 15 is 0 Å². The standard InChI is InChI=1S/C13H15F3N2O/c1-8-3-10(18-9(2)17-8)19-7-11-4-12(5-11,6-11)13(14,15)16/h3H,4-7H2,1-2H3. The molecule has 3 aliphatic rings. The molecule has 3 nitrogen and oxygen atoms in total. The molecule has 2 bridgehead atoms. The average molecular weight is 272 g/mol. The van der Waals surface area contributed by atoms with E-state index in [0.29, 0.717) is 18.3 Å². The van der Waals surface area contributed by atoms with Crippen LogP contribution in [-0.2, 0) is 0 Å². The van der Waals surface area contributed by atoms with Crippen LogP contribution in [0.15, 0.2) is 6.07 Å².